The summed E-state index contributed by atoms with van der Waals surface area (Å²) in [6.07, 6.45) is 0. The number of aromatic nitrogens is 1. The smallest absolute Gasteiger partial charge is 0.123 e. The molecule has 0 aliphatic rings. The van der Waals surface area contributed by atoms with E-state index >= 15 is 0 Å². The molecular weight excluding hydrogens is 266 g/mol. The second-order valence-corrected chi connectivity index (χ2v) is 4.74. The van der Waals surface area contributed by atoms with E-state index in [4.69, 9.17) is 14.2 Å². The number of aromatic amines is 1. The number of benzene rings is 2. The molecule has 0 atom stereocenters. The Hall–Kier alpha value is -2.62. The van der Waals surface area contributed by atoms with Crippen molar-refractivity contribution < 1.29 is 14.2 Å². The van der Waals surface area contributed by atoms with E-state index in [9.17, 15) is 0 Å². The van der Waals surface area contributed by atoms with Crippen molar-refractivity contribution in [2.45, 2.75) is 0 Å². The molecule has 0 bridgehead atoms. The third-order valence-electron chi connectivity index (χ3n) is 3.49. The number of nitrogens with one attached hydrogen (secondary N) is 1. The molecule has 21 heavy (non-hydrogen) atoms. The lowest BCUT2D eigenvalue weighted by Gasteiger charge is -2.07. The summed E-state index contributed by atoms with van der Waals surface area (Å²) >= 11 is 0. The van der Waals surface area contributed by atoms with E-state index in [1.807, 2.05) is 36.4 Å². The molecular formula is C17H17NO3. The van der Waals surface area contributed by atoms with Crippen LogP contribution in [0.15, 0.2) is 42.5 Å². The first-order valence-corrected chi connectivity index (χ1v) is 6.63. The number of hydrogen-bond acceptors (Lipinski definition) is 3. The standard InChI is InChI=1S/C17H17NO3/c1-19-13-4-5-16-12(6-13)9-17(18-16)11-7-14(20-2)10-15(8-11)21-3/h4-10,18H,1-3H3. The van der Waals surface area contributed by atoms with Gasteiger partial charge in [0.2, 0.25) is 0 Å². The van der Waals surface area contributed by atoms with Crippen molar-refractivity contribution in [3.05, 3.63) is 42.5 Å². The fourth-order valence-corrected chi connectivity index (χ4v) is 2.36. The third-order valence-corrected chi connectivity index (χ3v) is 3.49. The maximum absolute atomic E-state index is 5.32. The maximum atomic E-state index is 5.32. The van der Waals surface area contributed by atoms with Gasteiger partial charge in [-0.25, -0.2) is 0 Å². The first-order valence-electron chi connectivity index (χ1n) is 6.63. The SMILES string of the molecule is COc1cc(OC)cc(-c2cc3cc(OC)ccc3[nH]2)c1. The van der Waals surface area contributed by atoms with Gasteiger partial charge in [-0.1, -0.05) is 0 Å². The number of methoxy groups -OCH3 is 3. The summed E-state index contributed by atoms with van der Waals surface area (Å²) in [6, 6.07) is 13.9. The Labute approximate surface area is 123 Å². The van der Waals surface area contributed by atoms with Gasteiger partial charge in [-0.05, 0) is 36.4 Å². The molecule has 108 valence electrons. The average molecular weight is 283 g/mol. The van der Waals surface area contributed by atoms with Crippen LogP contribution in [0.1, 0.15) is 0 Å². The molecule has 0 saturated carbocycles. The van der Waals surface area contributed by atoms with E-state index in [0.717, 1.165) is 39.4 Å². The average Bonchev–Trinajstić information content (AvgIpc) is 2.97. The number of ether oxygens (including phenoxy) is 3. The molecule has 0 fully saturated rings. The predicted octanol–water partition coefficient (Wildman–Crippen LogP) is 3.86. The van der Waals surface area contributed by atoms with Crippen molar-refractivity contribution in [3.8, 4) is 28.5 Å². The van der Waals surface area contributed by atoms with Crippen molar-refractivity contribution in [1.82, 2.24) is 4.98 Å². The van der Waals surface area contributed by atoms with Gasteiger partial charge in [-0.15, -0.1) is 0 Å². The highest BCUT2D eigenvalue weighted by molar-refractivity contribution is 5.87. The van der Waals surface area contributed by atoms with Crippen LogP contribution >= 0.6 is 0 Å². The Morgan fingerprint density at radius 3 is 2.00 bits per heavy atom. The van der Waals surface area contributed by atoms with Crippen LogP contribution < -0.4 is 14.2 Å². The molecule has 0 spiro atoms. The summed E-state index contributed by atoms with van der Waals surface area (Å²) in [5, 5.41) is 1.10. The fourth-order valence-electron chi connectivity index (χ4n) is 2.36. The Morgan fingerprint density at radius 2 is 1.38 bits per heavy atom. The van der Waals surface area contributed by atoms with Crippen LogP contribution in [0.4, 0.5) is 0 Å². The third kappa shape index (κ3) is 2.52. The van der Waals surface area contributed by atoms with Crippen LogP contribution in [0, 0.1) is 0 Å². The second-order valence-electron chi connectivity index (χ2n) is 4.74. The monoisotopic (exact) mass is 283 g/mol. The van der Waals surface area contributed by atoms with Gasteiger partial charge in [0.15, 0.2) is 0 Å². The fraction of sp³-hybridized carbons (Fsp3) is 0.176. The predicted molar refractivity (Wildman–Crippen MR) is 83.4 cm³/mol. The lowest BCUT2D eigenvalue weighted by molar-refractivity contribution is 0.394. The van der Waals surface area contributed by atoms with Crippen molar-refractivity contribution >= 4 is 10.9 Å². The van der Waals surface area contributed by atoms with Gasteiger partial charge >= 0.3 is 0 Å². The Bertz CT molecular complexity index is 755. The first kappa shape index (κ1) is 13.4. The summed E-state index contributed by atoms with van der Waals surface area (Å²) in [7, 11) is 4.96. The van der Waals surface area contributed by atoms with E-state index in [-0.39, 0.29) is 0 Å². The molecule has 0 radical (unpaired) electrons. The highest BCUT2D eigenvalue weighted by Gasteiger charge is 2.08. The van der Waals surface area contributed by atoms with Crippen LogP contribution in [0.5, 0.6) is 17.2 Å². The van der Waals surface area contributed by atoms with Crippen molar-refractivity contribution in [3.63, 3.8) is 0 Å². The minimum Gasteiger partial charge on any atom is -0.497 e. The van der Waals surface area contributed by atoms with Crippen LogP contribution in [-0.4, -0.2) is 26.3 Å². The zero-order valence-corrected chi connectivity index (χ0v) is 12.3. The summed E-state index contributed by atoms with van der Waals surface area (Å²) in [5.41, 5.74) is 3.09. The molecule has 0 unspecified atom stereocenters. The molecule has 0 amide bonds. The molecule has 4 heteroatoms. The lowest BCUT2D eigenvalue weighted by Crippen LogP contribution is -1.88. The molecule has 0 aliphatic carbocycles. The van der Waals surface area contributed by atoms with Crippen molar-refractivity contribution in [2.24, 2.45) is 0 Å². The Balaban J connectivity index is 2.11. The minimum atomic E-state index is 0.764. The van der Waals surface area contributed by atoms with Gasteiger partial charge in [0.05, 0.1) is 21.3 Å². The second kappa shape index (κ2) is 5.40. The van der Waals surface area contributed by atoms with Crippen molar-refractivity contribution in [1.29, 1.82) is 0 Å². The van der Waals surface area contributed by atoms with E-state index in [1.54, 1.807) is 21.3 Å². The Kier molecular flexibility index (Phi) is 3.44. The number of rotatable bonds is 4. The summed E-state index contributed by atoms with van der Waals surface area (Å²) in [6.45, 7) is 0. The zero-order valence-electron chi connectivity index (χ0n) is 12.3. The van der Waals surface area contributed by atoms with Gasteiger partial charge in [-0.3, -0.25) is 0 Å². The Morgan fingerprint density at radius 1 is 0.714 bits per heavy atom. The molecule has 1 aromatic heterocycles. The van der Waals surface area contributed by atoms with E-state index < -0.39 is 0 Å². The van der Waals surface area contributed by atoms with E-state index in [1.165, 1.54) is 0 Å². The summed E-state index contributed by atoms with van der Waals surface area (Å²) in [5.74, 6) is 2.37. The zero-order chi connectivity index (χ0) is 14.8. The van der Waals surface area contributed by atoms with Gasteiger partial charge in [0, 0.05) is 28.2 Å². The van der Waals surface area contributed by atoms with Crippen LogP contribution in [0.3, 0.4) is 0 Å². The van der Waals surface area contributed by atoms with Crippen LogP contribution in [-0.2, 0) is 0 Å². The number of fused-ring (bicyclic) bond motifs is 1. The molecule has 4 nitrogen and oxygen atoms in total. The number of H-pyrrole nitrogens is 1. The van der Waals surface area contributed by atoms with Gasteiger partial charge < -0.3 is 19.2 Å². The highest BCUT2D eigenvalue weighted by atomic mass is 16.5. The largest absolute Gasteiger partial charge is 0.497 e. The van der Waals surface area contributed by atoms with Gasteiger partial charge in [0.1, 0.15) is 17.2 Å². The normalized spacial score (nSPS) is 10.6. The quantitative estimate of drug-likeness (QED) is 0.790. The van der Waals surface area contributed by atoms with Crippen LogP contribution in [0.25, 0.3) is 22.2 Å². The first-order chi connectivity index (χ1) is 10.2. The molecule has 3 rings (SSSR count). The molecule has 1 heterocycles. The highest BCUT2D eigenvalue weighted by Crippen LogP contribution is 2.32. The minimum absolute atomic E-state index is 0.764. The van der Waals surface area contributed by atoms with E-state index in [2.05, 4.69) is 11.1 Å². The van der Waals surface area contributed by atoms with Crippen LogP contribution in [0.2, 0.25) is 0 Å². The maximum Gasteiger partial charge on any atom is 0.123 e. The van der Waals surface area contributed by atoms with Gasteiger partial charge in [0.25, 0.3) is 0 Å². The lowest BCUT2D eigenvalue weighted by atomic mass is 10.1. The molecule has 1 N–H and O–H groups in total. The van der Waals surface area contributed by atoms with E-state index in [0.29, 0.717) is 0 Å². The summed E-state index contributed by atoms with van der Waals surface area (Å²) < 4.78 is 15.9. The number of hydrogen-bond donors (Lipinski definition) is 1. The molecule has 0 saturated heterocycles. The van der Waals surface area contributed by atoms with Gasteiger partial charge in [-0.2, -0.15) is 0 Å². The topological polar surface area (TPSA) is 43.5 Å². The summed E-state index contributed by atoms with van der Waals surface area (Å²) in [4.78, 5) is 3.40. The molecule has 0 aliphatic heterocycles. The van der Waals surface area contributed by atoms with Crippen molar-refractivity contribution in [2.75, 3.05) is 21.3 Å². The molecule has 2 aromatic carbocycles. The molecule has 3 aromatic rings.